The molecule has 1 aliphatic heterocycles. The normalized spacial score (nSPS) is 28.1. The molecule has 19 heavy (non-hydrogen) atoms. The van der Waals surface area contributed by atoms with E-state index in [4.69, 9.17) is 5.73 Å². The minimum Gasteiger partial charge on any atom is -0.393 e. The summed E-state index contributed by atoms with van der Waals surface area (Å²) < 4.78 is 1.08. The minimum atomic E-state index is -0.174. The van der Waals surface area contributed by atoms with Gasteiger partial charge in [0.1, 0.15) is 0 Å². The van der Waals surface area contributed by atoms with E-state index in [1.807, 2.05) is 6.07 Å². The minimum absolute atomic E-state index is 0.0664. The summed E-state index contributed by atoms with van der Waals surface area (Å²) in [5, 5.41) is 9.87. The van der Waals surface area contributed by atoms with Gasteiger partial charge in [-0.2, -0.15) is 0 Å². The predicted molar refractivity (Wildman–Crippen MR) is 81.9 cm³/mol. The molecule has 0 bridgehead atoms. The van der Waals surface area contributed by atoms with Crippen LogP contribution in [0.4, 0.5) is 0 Å². The highest BCUT2D eigenvalue weighted by Gasteiger charge is 2.31. The molecule has 0 amide bonds. The number of hydrogen-bond acceptors (Lipinski definition) is 3. The highest BCUT2D eigenvalue weighted by atomic mass is 79.9. The first kappa shape index (κ1) is 15.0. The maximum atomic E-state index is 9.87. The molecular formula is C15H23BrN2O. The van der Waals surface area contributed by atoms with Gasteiger partial charge in [-0.1, -0.05) is 35.0 Å². The van der Waals surface area contributed by atoms with Crippen LogP contribution in [0.3, 0.4) is 0 Å². The molecule has 2 rings (SSSR count). The summed E-state index contributed by atoms with van der Waals surface area (Å²) in [6.45, 7) is 5.97. The van der Waals surface area contributed by atoms with Gasteiger partial charge in [-0.15, -0.1) is 0 Å². The lowest BCUT2D eigenvalue weighted by Gasteiger charge is -2.41. The first-order valence-electron chi connectivity index (χ1n) is 6.92. The van der Waals surface area contributed by atoms with Crippen LogP contribution in [-0.2, 0) is 0 Å². The second-order valence-electron chi connectivity index (χ2n) is 5.69. The van der Waals surface area contributed by atoms with E-state index in [0.29, 0.717) is 5.92 Å². The number of nitrogens with zero attached hydrogens (tertiary/aromatic N) is 1. The van der Waals surface area contributed by atoms with Crippen molar-refractivity contribution in [1.29, 1.82) is 0 Å². The molecule has 106 valence electrons. The van der Waals surface area contributed by atoms with Crippen LogP contribution in [0, 0.1) is 5.92 Å². The molecule has 4 heteroatoms. The van der Waals surface area contributed by atoms with E-state index in [1.165, 1.54) is 5.56 Å². The Morgan fingerprint density at radius 2 is 2.21 bits per heavy atom. The number of aliphatic hydroxyl groups is 1. The fraction of sp³-hybridized carbons (Fsp3) is 0.600. The van der Waals surface area contributed by atoms with Gasteiger partial charge in [0.2, 0.25) is 0 Å². The topological polar surface area (TPSA) is 49.5 Å². The van der Waals surface area contributed by atoms with Gasteiger partial charge in [-0.25, -0.2) is 0 Å². The SMILES string of the molecule is CC(N)C(c1cccc(Br)c1)N1CCC(O)C(C)C1. The summed E-state index contributed by atoms with van der Waals surface area (Å²) in [5.41, 5.74) is 7.45. The van der Waals surface area contributed by atoms with Crippen LogP contribution in [0.15, 0.2) is 28.7 Å². The third-order valence-corrected chi connectivity index (χ3v) is 4.47. The molecule has 1 fully saturated rings. The average Bonchev–Trinajstić information content (AvgIpc) is 2.33. The first-order valence-corrected chi connectivity index (χ1v) is 7.71. The van der Waals surface area contributed by atoms with E-state index < -0.39 is 0 Å². The standard InChI is InChI=1S/C15H23BrN2O/c1-10-9-18(7-6-14(10)19)15(11(2)17)12-4-3-5-13(16)8-12/h3-5,8,10-11,14-15,19H,6-7,9,17H2,1-2H3. The number of piperidine rings is 1. The lowest BCUT2D eigenvalue weighted by atomic mass is 9.91. The zero-order chi connectivity index (χ0) is 14.0. The van der Waals surface area contributed by atoms with E-state index in [2.05, 4.69) is 52.9 Å². The van der Waals surface area contributed by atoms with Gasteiger partial charge in [0, 0.05) is 29.6 Å². The van der Waals surface area contributed by atoms with Crippen molar-refractivity contribution in [3.8, 4) is 0 Å². The number of aliphatic hydroxyl groups excluding tert-OH is 1. The van der Waals surface area contributed by atoms with Crippen LogP contribution in [0.1, 0.15) is 31.9 Å². The summed E-state index contributed by atoms with van der Waals surface area (Å²) >= 11 is 3.53. The summed E-state index contributed by atoms with van der Waals surface area (Å²) in [6.07, 6.45) is 0.658. The van der Waals surface area contributed by atoms with Crippen LogP contribution in [-0.4, -0.2) is 35.2 Å². The quantitative estimate of drug-likeness (QED) is 0.897. The highest BCUT2D eigenvalue weighted by molar-refractivity contribution is 9.10. The average molecular weight is 327 g/mol. The highest BCUT2D eigenvalue weighted by Crippen LogP contribution is 2.30. The van der Waals surface area contributed by atoms with Crippen LogP contribution in [0.2, 0.25) is 0 Å². The lowest BCUT2D eigenvalue weighted by Crippen LogP contribution is -2.48. The van der Waals surface area contributed by atoms with Crippen LogP contribution in [0.5, 0.6) is 0 Å². The molecule has 0 radical (unpaired) electrons. The molecule has 0 aliphatic carbocycles. The van der Waals surface area contributed by atoms with Crippen molar-refractivity contribution >= 4 is 15.9 Å². The molecule has 4 unspecified atom stereocenters. The summed E-state index contributed by atoms with van der Waals surface area (Å²) in [6, 6.07) is 8.64. The zero-order valence-electron chi connectivity index (χ0n) is 11.6. The number of likely N-dealkylation sites (tertiary alicyclic amines) is 1. The van der Waals surface area contributed by atoms with Crippen LogP contribution in [0.25, 0.3) is 0 Å². The molecule has 0 saturated carbocycles. The Bertz CT molecular complexity index is 424. The molecule has 1 aromatic carbocycles. The molecule has 1 aliphatic rings. The first-order chi connectivity index (χ1) is 8.99. The lowest BCUT2D eigenvalue weighted by molar-refractivity contribution is 0.0126. The maximum absolute atomic E-state index is 9.87. The molecular weight excluding hydrogens is 304 g/mol. The number of benzene rings is 1. The summed E-state index contributed by atoms with van der Waals surface area (Å²) in [7, 11) is 0. The number of nitrogens with two attached hydrogens (primary N) is 1. The molecule has 1 aromatic rings. The Kier molecular flexibility index (Phi) is 5.01. The van der Waals surface area contributed by atoms with E-state index in [1.54, 1.807) is 0 Å². The molecule has 0 aromatic heterocycles. The van der Waals surface area contributed by atoms with Crippen molar-refractivity contribution in [2.24, 2.45) is 11.7 Å². The Hall–Kier alpha value is -0.420. The van der Waals surface area contributed by atoms with Gasteiger partial charge < -0.3 is 10.8 Å². The molecule has 1 heterocycles. The Balaban J connectivity index is 2.21. The molecule has 0 spiro atoms. The smallest absolute Gasteiger partial charge is 0.0590 e. The summed E-state index contributed by atoms with van der Waals surface area (Å²) in [5.74, 6) is 0.308. The van der Waals surface area contributed by atoms with Crippen molar-refractivity contribution in [2.75, 3.05) is 13.1 Å². The molecule has 3 N–H and O–H groups in total. The van der Waals surface area contributed by atoms with Crippen molar-refractivity contribution in [2.45, 2.75) is 38.5 Å². The Morgan fingerprint density at radius 3 is 2.79 bits per heavy atom. The van der Waals surface area contributed by atoms with E-state index in [0.717, 1.165) is 24.0 Å². The van der Waals surface area contributed by atoms with E-state index in [-0.39, 0.29) is 18.2 Å². The monoisotopic (exact) mass is 326 g/mol. The van der Waals surface area contributed by atoms with Crippen LogP contribution >= 0.6 is 15.9 Å². The van der Waals surface area contributed by atoms with Crippen molar-refractivity contribution in [3.05, 3.63) is 34.3 Å². The van der Waals surface area contributed by atoms with Crippen LogP contribution < -0.4 is 5.73 Å². The molecule has 4 atom stereocenters. The zero-order valence-corrected chi connectivity index (χ0v) is 13.2. The molecule has 3 nitrogen and oxygen atoms in total. The van der Waals surface area contributed by atoms with Crippen molar-refractivity contribution in [3.63, 3.8) is 0 Å². The van der Waals surface area contributed by atoms with E-state index >= 15 is 0 Å². The van der Waals surface area contributed by atoms with Gasteiger partial charge >= 0.3 is 0 Å². The Morgan fingerprint density at radius 1 is 1.47 bits per heavy atom. The number of hydrogen-bond donors (Lipinski definition) is 2. The van der Waals surface area contributed by atoms with Gasteiger partial charge in [-0.3, -0.25) is 4.90 Å². The fourth-order valence-corrected chi connectivity index (χ4v) is 3.37. The molecule has 1 saturated heterocycles. The van der Waals surface area contributed by atoms with Crippen molar-refractivity contribution in [1.82, 2.24) is 4.90 Å². The van der Waals surface area contributed by atoms with Crippen molar-refractivity contribution < 1.29 is 5.11 Å². The largest absolute Gasteiger partial charge is 0.393 e. The second-order valence-corrected chi connectivity index (χ2v) is 6.60. The van der Waals surface area contributed by atoms with Gasteiger partial charge in [0.05, 0.1) is 6.10 Å². The predicted octanol–water partition coefficient (Wildman–Crippen LogP) is 2.54. The Labute approximate surface area is 123 Å². The number of rotatable bonds is 3. The third-order valence-electron chi connectivity index (χ3n) is 3.97. The van der Waals surface area contributed by atoms with E-state index in [9.17, 15) is 5.11 Å². The van der Waals surface area contributed by atoms with Gasteiger partial charge in [0.15, 0.2) is 0 Å². The summed E-state index contributed by atoms with van der Waals surface area (Å²) in [4.78, 5) is 2.41. The third kappa shape index (κ3) is 3.57. The maximum Gasteiger partial charge on any atom is 0.0590 e. The second kappa shape index (κ2) is 6.35. The fourth-order valence-electron chi connectivity index (χ4n) is 2.96. The number of halogens is 1. The van der Waals surface area contributed by atoms with Gasteiger partial charge in [0.25, 0.3) is 0 Å². The van der Waals surface area contributed by atoms with Gasteiger partial charge in [-0.05, 0) is 37.0 Å².